The van der Waals surface area contributed by atoms with E-state index in [0.29, 0.717) is 16.7 Å². The summed E-state index contributed by atoms with van der Waals surface area (Å²) < 4.78 is 0. The molecule has 0 heterocycles. The normalized spacial score (nSPS) is 9.00. The van der Waals surface area contributed by atoms with E-state index in [-0.39, 0.29) is 0 Å². The molecule has 0 aliphatic rings. The number of nitriles is 2. The van der Waals surface area contributed by atoms with Crippen molar-refractivity contribution in [2.45, 2.75) is 0 Å². The Morgan fingerprint density at radius 3 is 1.55 bits per heavy atom. The monoisotopic (exact) mass is 288 g/mol. The van der Waals surface area contributed by atoms with Crippen molar-refractivity contribution in [1.29, 1.82) is 10.5 Å². The topological polar surface area (TPSA) is 81.7 Å². The van der Waals surface area contributed by atoms with Crippen LogP contribution in [0.5, 0.6) is 0 Å². The van der Waals surface area contributed by atoms with E-state index in [1.165, 1.54) is 6.08 Å². The molecular formula is C18H12N2O2. The molecule has 0 saturated carbocycles. The SMILES string of the molecule is N#Cc1ccc(C=CC=O)cc1.N#Cc1ccc(C=O)cc1. The van der Waals surface area contributed by atoms with Crippen LogP contribution in [-0.2, 0) is 4.79 Å². The lowest BCUT2D eigenvalue weighted by Crippen LogP contribution is -1.78. The van der Waals surface area contributed by atoms with Crippen molar-refractivity contribution in [1.82, 2.24) is 0 Å². The predicted molar refractivity (Wildman–Crippen MR) is 82.8 cm³/mol. The Balaban J connectivity index is 0.000000224. The average Bonchev–Trinajstić information content (AvgIpc) is 2.61. The Labute approximate surface area is 128 Å². The van der Waals surface area contributed by atoms with Crippen LogP contribution in [0.15, 0.2) is 54.6 Å². The zero-order valence-electron chi connectivity index (χ0n) is 11.6. The Morgan fingerprint density at radius 2 is 1.18 bits per heavy atom. The lowest BCUT2D eigenvalue weighted by atomic mass is 10.1. The number of hydrogen-bond acceptors (Lipinski definition) is 4. The Bertz CT molecular complexity index is 731. The largest absolute Gasteiger partial charge is 0.299 e. The van der Waals surface area contributed by atoms with E-state index in [4.69, 9.17) is 10.5 Å². The fourth-order valence-corrected chi connectivity index (χ4v) is 1.46. The van der Waals surface area contributed by atoms with Crippen LogP contribution in [0.3, 0.4) is 0 Å². The molecule has 22 heavy (non-hydrogen) atoms. The summed E-state index contributed by atoms with van der Waals surface area (Å²) in [6.45, 7) is 0. The molecule has 2 aromatic carbocycles. The van der Waals surface area contributed by atoms with Gasteiger partial charge < -0.3 is 0 Å². The zero-order chi connectivity index (χ0) is 16.2. The highest BCUT2D eigenvalue weighted by atomic mass is 16.1. The highest BCUT2D eigenvalue weighted by Gasteiger charge is 1.89. The quantitative estimate of drug-likeness (QED) is 0.641. The van der Waals surface area contributed by atoms with Gasteiger partial charge in [0.1, 0.15) is 12.6 Å². The van der Waals surface area contributed by atoms with Gasteiger partial charge in [-0.05, 0) is 35.9 Å². The van der Waals surface area contributed by atoms with E-state index in [0.717, 1.165) is 18.1 Å². The van der Waals surface area contributed by atoms with Crippen molar-refractivity contribution in [3.05, 3.63) is 76.9 Å². The minimum Gasteiger partial charge on any atom is -0.299 e. The molecule has 0 saturated heterocycles. The van der Waals surface area contributed by atoms with Crippen molar-refractivity contribution < 1.29 is 9.59 Å². The maximum Gasteiger partial charge on any atom is 0.150 e. The van der Waals surface area contributed by atoms with Gasteiger partial charge in [0.2, 0.25) is 0 Å². The van der Waals surface area contributed by atoms with Gasteiger partial charge in [0.05, 0.1) is 23.3 Å². The molecule has 0 unspecified atom stereocenters. The smallest absolute Gasteiger partial charge is 0.150 e. The van der Waals surface area contributed by atoms with E-state index in [2.05, 4.69) is 0 Å². The molecule has 0 amide bonds. The van der Waals surface area contributed by atoms with Gasteiger partial charge in [-0.25, -0.2) is 0 Å². The lowest BCUT2D eigenvalue weighted by molar-refractivity contribution is -0.104. The van der Waals surface area contributed by atoms with Gasteiger partial charge in [0.25, 0.3) is 0 Å². The highest BCUT2D eigenvalue weighted by molar-refractivity contribution is 5.75. The molecule has 2 rings (SSSR count). The number of carbonyl (C=O) groups is 2. The molecule has 4 heteroatoms. The van der Waals surface area contributed by atoms with E-state index in [9.17, 15) is 9.59 Å². The van der Waals surface area contributed by atoms with Gasteiger partial charge in [0, 0.05) is 5.56 Å². The summed E-state index contributed by atoms with van der Waals surface area (Å²) in [5.41, 5.74) is 2.71. The molecule has 106 valence electrons. The number of rotatable bonds is 3. The fourth-order valence-electron chi connectivity index (χ4n) is 1.46. The van der Waals surface area contributed by atoms with Crippen LogP contribution in [0.4, 0.5) is 0 Å². The summed E-state index contributed by atoms with van der Waals surface area (Å²) in [6, 6.07) is 17.4. The first kappa shape index (κ1) is 16.6. The fraction of sp³-hybridized carbons (Fsp3) is 0. The summed E-state index contributed by atoms with van der Waals surface area (Å²) in [5.74, 6) is 0. The first-order valence-electron chi connectivity index (χ1n) is 6.31. The highest BCUT2D eigenvalue weighted by Crippen LogP contribution is 2.04. The van der Waals surface area contributed by atoms with Gasteiger partial charge in [-0.15, -0.1) is 0 Å². The summed E-state index contributed by atoms with van der Waals surface area (Å²) in [7, 11) is 0. The average molecular weight is 288 g/mol. The molecular weight excluding hydrogens is 276 g/mol. The third kappa shape index (κ3) is 5.64. The second-order valence-electron chi connectivity index (χ2n) is 4.08. The van der Waals surface area contributed by atoms with Crippen molar-refractivity contribution in [3.8, 4) is 12.1 Å². The molecule has 0 N–H and O–H groups in total. The number of aldehydes is 2. The standard InChI is InChI=1S/C10H7NO.C8H5NO/c11-8-10-5-3-9(4-6-10)2-1-7-12;9-5-7-1-3-8(6-10)4-2-7/h1-7H;1-4,6H. The number of carbonyl (C=O) groups excluding carboxylic acids is 2. The Hall–Kier alpha value is -3.50. The number of allylic oxidation sites excluding steroid dienone is 1. The second kappa shape index (κ2) is 9.41. The van der Waals surface area contributed by atoms with Crippen molar-refractivity contribution in [2.75, 3.05) is 0 Å². The summed E-state index contributed by atoms with van der Waals surface area (Å²) >= 11 is 0. The number of nitrogens with zero attached hydrogens (tertiary/aromatic N) is 2. The molecule has 2 aromatic rings. The van der Waals surface area contributed by atoms with Gasteiger partial charge >= 0.3 is 0 Å². The van der Waals surface area contributed by atoms with Crippen molar-refractivity contribution in [3.63, 3.8) is 0 Å². The summed E-state index contributed by atoms with van der Waals surface area (Å²) in [4.78, 5) is 20.1. The van der Waals surface area contributed by atoms with Crippen molar-refractivity contribution in [2.24, 2.45) is 0 Å². The maximum absolute atomic E-state index is 10.1. The van der Waals surface area contributed by atoms with Gasteiger partial charge in [0.15, 0.2) is 0 Å². The van der Waals surface area contributed by atoms with Gasteiger partial charge in [-0.1, -0.05) is 30.3 Å². The van der Waals surface area contributed by atoms with Crippen LogP contribution < -0.4 is 0 Å². The van der Waals surface area contributed by atoms with Gasteiger partial charge in [-0.3, -0.25) is 9.59 Å². The Kier molecular flexibility index (Phi) is 7.08. The molecule has 0 bridgehead atoms. The number of benzene rings is 2. The van der Waals surface area contributed by atoms with Crippen LogP contribution in [0.25, 0.3) is 6.08 Å². The molecule has 4 nitrogen and oxygen atoms in total. The maximum atomic E-state index is 10.1. The van der Waals surface area contributed by atoms with Crippen LogP contribution in [0.2, 0.25) is 0 Å². The van der Waals surface area contributed by atoms with Crippen LogP contribution in [0, 0.1) is 22.7 Å². The van der Waals surface area contributed by atoms with Crippen LogP contribution in [-0.4, -0.2) is 12.6 Å². The summed E-state index contributed by atoms with van der Waals surface area (Å²) in [5, 5.41) is 16.8. The van der Waals surface area contributed by atoms with Gasteiger partial charge in [-0.2, -0.15) is 10.5 Å². The Morgan fingerprint density at radius 1 is 0.727 bits per heavy atom. The molecule has 0 aliphatic heterocycles. The van der Waals surface area contributed by atoms with Crippen molar-refractivity contribution >= 4 is 18.6 Å². The minimum atomic E-state index is 0.575. The molecule has 0 aliphatic carbocycles. The second-order valence-corrected chi connectivity index (χ2v) is 4.08. The van der Waals surface area contributed by atoms with E-state index < -0.39 is 0 Å². The molecule has 0 radical (unpaired) electrons. The van der Waals surface area contributed by atoms with E-state index in [1.54, 1.807) is 54.6 Å². The predicted octanol–water partition coefficient (Wildman–Crippen LogP) is 3.14. The van der Waals surface area contributed by atoms with Crippen LogP contribution in [0.1, 0.15) is 27.0 Å². The molecule has 0 spiro atoms. The van der Waals surface area contributed by atoms with Crippen LogP contribution >= 0.6 is 0 Å². The first-order valence-corrected chi connectivity index (χ1v) is 6.31. The zero-order valence-corrected chi connectivity index (χ0v) is 11.6. The molecule has 0 aromatic heterocycles. The lowest BCUT2D eigenvalue weighted by Gasteiger charge is -1.90. The van der Waals surface area contributed by atoms with E-state index in [1.807, 2.05) is 12.1 Å². The van der Waals surface area contributed by atoms with E-state index >= 15 is 0 Å². The third-order valence-electron chi connectivity index (χ3n) is 2.58. The first-order chi connectivity index (χ1) is 10.7. The third-order valence-corrected chi connectivity index (χ3v) is 2.58. The minimum absolute atomic E-state index is 0.575. The molecule has 0 atom stereocenters. The number of hydrogen-bond donors (Lipinski definition) is 0. The molecule has 0 fully saturated rings. The summed E-state index contributed by atoms with van der Waals surface area (Å²) in [6.07, 6.45) is 4.58.